The first-order chi connectivity index (χ1) is 9.58. The maximum absolute atomic E-state index is 12.4. The lowest BCUT2D eigenvalue weighted by molar-refractivity contribution is -0.120. The molecule has 0 atom stereocenters. The summed E-state index contributed by atoms with van der Waals surface area (Å²) in [6.07, 6.45) is 8.11. The number of carbonyl (C=O) groups excluding carboxylic acids is 1. The number of nitrogens with one attached hydrogen (secondary N) is 1. The molecule has 0 aliphatic heterocycles. The van der Waals surface area contributed by atoms with E-state index in [1.807, 2.05) is 0 Å². The number of nitrogen functional groups attached to an aromatic ring is 1. The van der Waals surface area contributed by atoms with Gasteiger partial charge in [0.15, 0.2) is 0 Å². The molecule has 0 saturated heterocycles. The predicted octanol–water partition coefficient (Wildman–Crippen LogP) is 5.09. The van der Waals surface area contributed by atoms with Gasteiger partial charge in [0.25, 0.3) is 0 Å². The van der Waals surface area contributed by atoms with Crippen LogP contribution in [0.1, 0.15) is 44.9 Å². The summed E-state index contributed by atoms with van der Waals surface area (Å²) in [5.41, 5.74) is 7.20. The Bertz CT molecular complexity index is 460. The minimum absolute atomic E-state index is 0.123. The van der Waals surface area contributed by atoms with Gasteiger partial charge in [-0.15, -0.1) is 0 Å². The number of carbonyl (C=O) groups is 1. The summed E-state index contributed by atoms with van der Waals surface area (Å²) >= 11 is 6.91. The highest BCUT2D eigenvalue weighted by Gasteiger charge is 2.21. The summed E-state index contributed by atoms with van der Waals surface area (Å²) < 4.78 is 1.62. The van der Waals surface area contributed by atoms with Gasteiger partial charge in [0, 0.05) is 20.6 Å². The van der Waals surface area contributed by atoms with Crippen molar-refractivity contribution in [2.24, 2.45) is 5.92 Å². The van der Waals surface area contributed by atoms with Crippen LogP contribution in [0, 0.1) is 5.92 Å². The molecule has 1 aromatic rings. The van der Waals surface area contributed by atoms with E-state index in [9.17, 15) is 4.79 Å². The molecule has 1 aliphatic rings. The molecule has 1 aliphatic carbocycles. The smallest absolute Gasteiger partial charge is 0.227 e. The predicted molar refractivity (Wildman–Crippen MR) is 90.7 cm³/mol. The zero-order valence-corrected chi connectivity index (χ0v) is 14.6. The lowest BCUT2D eigenvalue weighted by Gasteiger charge is -2.20. The molecule has 2 rings (SSSR count). The Balaban J connectivity index is 2.06. The number of amides is 1. The molecule has 1 amide bonds. The zero-order valence-electron chi connectivity index (χ0n) is 11.4. The maximum Gasteiger partial charge on any atom is 0.227 e. The summed E-state index contributed by atoms with van der Waals surface area (Å²) in [7, 11) is 0. The van der Waals surface area contributed by atoms with Crippen molar-refractivity contribution in [1.29, 1.82) is 0 Å². The van der Waals surface area contributed by atoms with Crippen LogP contribution < -0.4 is 11.1 Å². The molecule has 0 aromatic heterocycles. The first-order valence-corrected chi connectivity index (χ1v) is 8.72. The Labute approximate surface area is 136 Å². The van der Waals surface area contributed by atoms with E-state index in [2.05, 4.69) is 37.2 Å². The number of anilines is 2. The van der Waals surface area contributed by atoms with Gasteiger partial charge in [-0.05, 0) is 56.8 Å². The van der Waals surface area contributed by atoms with Crippen LogP contribution >= 0.6 is 31.9 Å². The number of rotatable bonds is 2. The summed E-state index contributed by atoms with van der Waals surface area (Å²) in [5.74, 6) is 0.254. The molecule has 3 N–H and O–H groups in total. The molecule has 110 valence electrons. The number of nitrogens with two attached hydrogens (primary N) is 1. The van der Waals surface area contributed by atoms with Crippen LogP contribution in [-0.4, -0.2) is 5.91 Å². The molecule has 0 bridgehead atoms. The first kappa shape index (κ1) is 15.8. The van der Waals surface area contributed by atoms with Crippen LogP contribution in [0.15, 0.2) is 21.1 Å². The third-order valence-corrected chi connectivity index (χ3v) is 5.04. The van der Waals surface area contributed by atoms with Gasteiger partial charge < -0.3 is 11.1 Å². The summed E-state index contributed by atoms with van der Waals surface area (Å²) in [6.45, 7) is 0. The standard InChI is InChI=1S/C15H20Br2N2O/c16-12-8-11(18)9-13(17)14(12)19-15(20)10-6-4-2-1-3-5-7-10/h8-10H,1-7,18H2,(H,19,20). The largest absolute Gasteiger partial charge is 0.399 e. The second kappa shape index (κ2) is 7.46. The SMILES string of the molecule is Nc1cc(Br)c(NC(=O)C2CCCCCCC2)c(Br)c1. The van der Waals surface area contributed by atoms with E-state index in [1.165, 1.54) is 19.3 Å². The van der Waals surface area contributed by atoms with Gasteiger partial charge in [-0.1, -0.05) is 32.1 Å². The van der Waals surface area contributed by atoms with Crippen molar-refractivity contribution in [1.82, 2.24) is 0 Å². The highest BCUT2D eigenvalue weighted by atomic mass is 79.9. The van der Waals surface area contributed by atoms with E-state index >= 15 is 0 Å². The average Bonchev–Trinajstić information content (AvgIpc) is 2.33. The van der Waals surface area contributed by atoms with Crippen LogP contribution in [0.4, 0.5) is 11.4 Å². The van der Waals surface area contributed by atoms with Crippen LogP contribution in [0.2, 0.25) is 0 Å². The Morgan fingerprint density at radius 1 is 1.05 bits per heavy atom. The summed E-state index contributed by atoms with van der Waals surface area (Å²) in [6, 6.07) is 3.61. The molecular formula is C15H20Br2N2O. The van der Waals surface area contributed by atoms with E-state index < -0.39 is 0 Å². The molecule has 20 heavy (non-hydrogen) atoms. The molecule has 0 heterocycles. The topological polar surface area (TPSA) is 55.1 Å². The average molecular weight is 404 g/mol. The molecule has 1 saturated carbocycles. The van der Waals surface area contributed by atoms with Gasteiger partial charge in [0.1, 0.15) is 0 Å². The van der Waals surface area contributed by atoms with Gasteiger partial charge in [-0.2, -0.15) is 0 Å². The van der Waals surface area contributed by atoms with Gasteiger partial charge in [-0.25, -0.2) is 0 Å². The summed E-state index contributed by atoms with van der Waals surface area (Å²) in [5, 5.41) is 3.04. The third kappa shape index (κ3) is 4.22. The molecule has 0 spiro atoms. The Morgan fingerprint density at radius 2 is 1.55 bits per heavy atom. The molecule has 0 unspecified atom stereocenters. The molecular weight excluding hydrogens is 384 g/mol. The van der Waals surface area contributed by atoms with Gasteiger partial charge in [0.2, 0.25) is 5.91 Å². The molecule has 5 heteroatoms. The highest BCUT2D eigenvalue weighted by Crippen LogP contribution is 2.34. The van der Waals surface area contributed by atoms with Crippen LogP contribution in [-0.2, 0) is 4.79 Å². The van der Waals surface area contributed by atoms with Crippen molar-refractivity contribution in [2.45, 2.75) is 44.9 Å². The lowest BCUT2D eigenvalue weighted by atomic mass is 9.90. The van der Waals surface area contributed by atoms with E-state index in [1.54, 1.807) is 12.1 Å². The van der Waals surface area contributed by atoms with Crippen molar-refractivity contribution in [3.8, 4) is 0 Å². The molecule has 3 nitrogen and oxygen atoms in total. The van der Waals surface area contributed by atoms with E-state index in [0.29, 0.717) is 5.69 Å². The highest BCUT2D eigenvalue weighted by molar-refractivity contribution is 9.11. The normalized spacial score (nSPS) is 17.3. The first-order valence-electron chi connectivity index (χ1n) is 7.13. The zero-order chi connectivity index (χ0) is 14.5. The van der Waals surface area contributed by atoms with Crippen molar-refractivity contribution in [3.63, 3.8) is 0 Å². The van der Waals surface area contributed by atoms with Crippen LogP contribution in [0.25, 0.3) is 0 Å². The fourth-order valence-electron chi connectivity index (χ4n) is 2.66. The second-order valence-corrected chi connectivity index (χ2v) is 7.10. The van der Waals surface area contributed by atoms with Crippen molar-refractivity contribution >= 4 is 49.1 Å². The minimum Gasteiger partial charge on any atom is -0.399 e. The van der Waals surface area contributed by atoms with E-state index in [0.717, 1.165) is 40.3 Å². The van der Waals surface area contributed by atoms with Crippen molar-refractivity contribution in [2.75, 3.05) is 11.1 Å². The molecule has 1 aromatic carbocycles. The molecule has 0 radical (unpaired) electrons. The lowest BCUT2D eigenvalue weighted by Crippen LogP contribution is -2.24. The number of hydrogen-bond acceptors (Lipinski definition) is 2. The Hall–Kier alpha value is -0.550. The number of halogens is 2. The number of benzene rings is 1. The third-order valence-electron chi connectivity index (χ3n) is 3.79. The van der Waals surface area contributed by atoms with Gasteiger partial charge in [0.05, 0.1) is 5.69 Å². The quantitative estimate of drug-likeness (QED) is 0.675. The van der Waals surface area contributed by atoms with Crippen molar-refractivity contribution < 1.29 is 4.79 Å². The van der Waals surface area contributed by atoms with Gasteiger partial charge in [-0.3, -0.25) is 4.79 Å². The van der Waals surface area contributed by atoms with Crippen molar-refractivity contribution in [3.05, 3.63) is 21.1 Å². The van der Waals surface area contributed by atoms with Crippen LogP contribution in [0.3, 0.4) is 0 Å². The van der Waals surface area contributed by atoms with E-state index in [4.69, 9.17) is 5.73 Å². The van der Waals surface area contributed by atoms with Crippen LogP contribution in [0.5, 0.6) is 0 Å². The molecule has 1 fully saturated rings. The minimum atomic E-state index is 0.123. The number of hydrogen-bond donors (Lipinski definition) is 2. The summed E-state index contributed by atoms with van der Waals surface area (Å²) in [4.78, 5) is 12.4. The fraction of sp³-hybridized carbons (Fsp3) is 0.533. The Morgan fingerprint density at radius 3 is 2.10 bits per heavy atom. The monoisotopic (exact) mass is 402 g/mol. The Kier molecular flexibility index (Phi) is 5.90. The van der Waals surface area contributed by atoms with E-state index in [-0.39, 0.29) is 11.8 Å². The second-order valence-electron chi connectivity index (χ2n) is 5.39. The van der Waals surface area contributed by atoms with Gasteiger partial charge >= 0.3 is 0 Å². The fourth-order valence-corrected chi connectivity index (χ4v) is 4.08. The maximum atomic E-state index is 12.4.